The summed E-state index contributed by atoms with van der Waals surface area (Å²) in [4.78, 5) is 24.2. The van der Waals surface area contributed by atoms with Gasteiger partial charge in [-0.2, -0.15) is 5.10 Å². The molecule has 0 aliphatic rings. The largest absolute Gasteiger partial charge is 0.497 e. The summed E-state index contributed by atoms with van der Waals surface area (Å²) in [7, 11) is 1.61. The van der Waals surface area contributed by atoms with Gasteiger partial charge in [0.05, 0.1) is 19.3 Å². The SMILES string of the molecule is COc1ccc(-c2ccc(=O)n(CCNC(=O)COc3cc(C)cc(C)c3)n2)cc1. The van der Waals surface area contributed by atoms with Crippen LogP contribution in [0.3, 0.4) is 0 Å². The molecule has 0 bridgehead atoms. The molecule has 0 saturated heterocycles. The summed E-state index contributed by atoms with van der Waals surface area (Å²) in [6, 6.07) is 16.4. The molecule has 0 unspecified atom stereocenters. The number of methoxy groups -OCH3 is 1. The van der Waals surface area contributed by atoms with Crippen molar-refractivity contribution in [1.82, 2.24) is 15.1 Å². The van der Waals surface area contributed by atoms with Crippen molar-refractivity contribution in [3.05, 3.63) is 76.1 Å². The molecule has 0 saturated carbocycles. The lowest BCUT2D eigenvalue weighted by Crippen LogP contribution is -2.34. The number of aromatic nitrogens is 2. The van der Waals surface area contributed by atoms with E-state index in [1.807, 2.05) is 56.3 Å². The molecule has 0 aliphatic heterocycles. The number of rotatable bonds is 8. The fourth-order valence-electron chi connectivity index (χ4n) is 3.04. The summed E-state index contributed by atoms with van der Waals surface area (Å²) >= 11 is 0. The minimum absolute atomic E-state index is 0.0862. The minimum atomic E-state index is -0.256. The van der Waals surface area contributed by atoms with Gasteiger partial charge in [-0.1, -0.05) is 6.07 Å². The van der Waals surface area contributed by atoms with Gasteiger partial charge in [0.2, 0.25) is 0 Å². The van der Waals surface area contributed by atoms with Crippen LogP contribution in [0.15, 0.2) is 59.4 Å². The summed E-state index contributed by atoms with van der Waals surface area (Å²) in [6.45, 7) is 4.40. The number of hydrogen-bond acceptors (Lipinski definition) is 5. The summed E-state index contributed by atoms with van der Waals surface area (Å²) in [6.07, 6.45) is 0. The van der Waals surface area contributed by atoms with E-state index in [2.05, 4.69) is 10.4 Å². The van der Waals surface area contributed by atoms with Crippen molar-refractivity contribution in [3.8, 4) is 22.8 Å². The van der Waals surface area contributed by atoms with Gasteiger partial charge in [-0.25, -0.2) is 4.68 Å². The molecule has 0 fully saturated rings. The molecule has 3 rings (SSSR count). The monoisotopic (exact) mass is 407 g/mol. The van der Waals surface area contributed by atoms with Gasteiger partial charge in [-0.3, -0.25) is 9.59 Å². The van der Waals surface area contributed by atoms with Gasteiger partial charge in [-0.05, 0) is 67.4 Å². The Morgan fingerprint density at radius 3 is 2.37 bits per heavy atom. The molecule has 1 N–H and O–H groups in total. The highest BCUT2D eigenvalue weighted by Crippen LogP contribution is 2.19. The topological polar surface area (TPSA) is 82.5 Å². The molecular formula is C23H25N3O4. The smallest absolute Gasteiger partial charge is 0.266 e. The molecule has 0 aliphatic carbocycles. The highest BCUT2D eigenvalue weighted by atomic mass is 16.5. The van der Waals surface area contributed by atoms with E-state index in [0.29, 0.717) is 11.4 Å². The quantitative estimate of drug-likeness (QED) is 0.621. The predicted octanol–water partition coefficient (Wildman–Crippen LogP) is 2.73. The number of amides is 1. The standard InChI is InChI=1S/C23H25N3O4/c1-16-12-17(2)14-20(13-16)30-15-22(27)24-10-11-26-23(28)9-8-21(25-26)18-4-6-19(29-3)7-5-18/h4-9,12-14H,10-11,15H2,1-3H3,(H,24,27). The number of carbonyl (C=O) groups excluding carboxylic acids is 1. The maximum absolute atomic E-state index is 12.1. The Kier molecular flexibility index (Phi) is 6.85. The van der Waals surface area contributed by atoms with Crippen LogP contribution in [0, 0.1) is 13.8 Å². The fraction of sp³-hybridized carbons (Fsp3) is 0.261. The molecule has 2 aromatic carbocycles. The van der Waals surface area contributed by atoms with E-state index in [4.69, 9.17) is 9.47 Å². The predicted molar refractivity (Wildman–Crippen MR) is 115 cm³/mol. The molecule has 0 spiro atoms. The maximum atomic E-state index is 12.1. The minimum Gasteiger partial charge on any atom is -0.497 e. The molecule has 0 atom stereocenters. The second-order valence-corrected chi connectivity index (χ2v) is 6.97. The molecule has 156 valence electrons. The van der Waals surface area contributed by atoms with Crippen molar-refractivity contribution >= 4 is 5.91 Å². The highest BCUT2D eigenvalue weighted by molar-refractivity contribution is 5.77. The molecule has 0 radical (unpaired) electrons. The Morgan fingerprint density at radius 1 is 1.00 bits per heavy atom. The molecule has 7 heteroatoms. The zero-order valence-electron chi connectivity index (χ0n) is 17.3. The van der Waals surface area contributed by atoms with E-state index in [-0.39, 0.29) is 31.2 Å². The van der Waals surface area contributed by atoms with Crippen molar-refractivity contribution in [2.24, 2.45) is 0 Å². The first-order valence-electron chi connectivity index (χ1n) is 9.65. The zero-order valence-corrected chi connectivity index (χ0v) is 17.3. The first-order valence-corrected chi connectivity index (χ1v) is 9.65. The second-order valence-electron chi connectivity index (χ2n) is 6.97. The second kappa shape index (κ2) is 9.73. The Hall–Kier alpha value is -3.61. The van der Waals surface area contributed by atoms with Crippen molar-refractivity contribution in [3.63, 3.8) is 0 Å². The number of ether oxygens (including phenoxy) is 2. The molecular weight excluding hydrogens is 382 g/mol. The molecule has 7 nitrogen and oxygen atoms in total. The molecule has 1 amide bonds. The van der Waals surface area contributed by atoms with Gasteiger partial charge in [0.1, 0.15) is 11.5 Å². The molecule has 3 aromatic rings. The van der Waals surface area contributed by atoms with Crippen LogP contribution in [0.1, 0.15) is 11.1 Å². The van der Waals surface area contributed by atoms with Gasteiger partial charge in [-0.15, -0.1) is 0 Å². The summed E-state index contributed by atoms with van der Waals surface area (Å²) in [5.41, 5.74) is 3.46. The summed E-state index contributed by atoms with van der Waals surface area (Å²) in [5, 5.41) is 7.14. The van der Waals surface area contributed by atoms with Crippen LogP contribution in [-0.4, -0.2) is 35.9 Å². The maximum Gasteiger partial charge on any atom is 0.266 e. The lowest BCUT2D eigenvalue weighted by atomic mass is 10.1. The summed E-state index contributed by atoms with van der Waals surface area (Å²) < 4.78 is 12.0. The first kappa shape index (κ1) is 21.1. The van der Waals surface area contributed by atoms with Crippen LogP contribution in [0.4, 0.5) is 0 Å². The molecule has 30 heavy (non-hydrogen) atoms. The van der Waals surface area contributed by atoms with Gasteiger partial charge < -0.3 is 14.8 Å². The Labute approximate surface area is 175 Å². The average molecular weight is 407 g/mol. The first-order chi connectivity index (χ1) is 14.4. The number of nitrogens with one attached hydrogen (secondary N) is 1. The highest BCUT2D eigenvalue weighted by Gasteiger charge is 2.06. The number of hydrogen-bond donors (Lipinski definition) is 1. The van der Waals surface area contributed by atoms with Gasteiger partial charge in [0.15, 0.2) is 6.61 Å². The Bertz CT molecular complexity index is 1050. The van der Waals surface area contributed by atoms with Crippen molar-refractivity contribution in [2.75, 3.05) is 20.3 Å². The van der Waals surface area contributed by atoms with Crippen molar-refractivity contribution in [1.29, 1.82) is 0 Å². The zero-order chi connectivity index (χ0) is 21.5. The average Bonchev–Trinajstić information content (AvgIpc) is 2.73. The van der Waals surface area contributed by atoms with E-state index < -0.39 is 0 Å². The van der Waals surface area contributed by atoms with E-state index in [1.54, 1.807) is 13.2 Å². The fourth-order valence-corrected chi connectivity index (χ4v) is 3.04. The third kappa shape index (κ3) is 5.70. The number of nitrogens with zero attached hydrogens (tertiary/aromatic N) is 2. The number of benzene rings is 2. The van der Waals surface area contributed by atoms with Crippen LogP contribution < -0.4 is 20.3 Å². The van der Waals surface area contributed by atoms with Crippen LogP contribution in [0.25, 0.3) is 11.3 Å². The van der Waals surface area contributed by atoms with Gasteiger partial charge in [0, 0.05) is 18.2 Å². The van der Waals surface area contributed by atoms with E-state index in [0.717, 1.165) is 22.4 Å². The van der Waals surface area contributed by atoms with Gasteiger partial charge in [0.25, 0.3) is 11.5 Å². The molecule has 1 aromatic heterocycles. The van der Waals surface area contributed by atoms with Crippen molar-refractivity contribution in [2.45, 2.75) is 20.4 Å². The van der Waals surface area contributed by atoms with Crippen LogP contribution in [0.5, 0.6) is 11.5 Å². The van der Waals surface area contributed by atoms with E-state index in [1.165, 1.54) is 10.7 Å². The van der Waals surface area contributed by atoms with Crippen LogP contribution in [-0.2, 0) is 11.3 Å². The Balaban J connectivity index is 1.54. The van der Waals surface area contributed by atoms with E-state index >= 15 is 0 Å². The lowest BCUT2D eigenvalue weighted by molar-refractivity contribution is -0.123. The number of aryl methyl sites for hydroxylation is 2. The summed E-state index contributed by atoms with van der Waals surface area (Å²) in [5.74, 6) is 1.15. The third-order valence-electron chi connectivity index (χ3n) is 4.46. The third-order valence-corrected chi connectivity index (χ3v) is 4.46. The van der Waals surface area contributed by atoms with Crippen LogP contribution in [0.2, 0.25) is 0 Å². The van der Waals surface area contributed by atoms with Crippen LogP contribution >= 0.6 is 0 Å². The van der Waals surface area contributed by atoms with Gasteiger partial charge >= 0.3 is 0 Å². The van der Waals surface area contributed by atoms with Crippen molar-refractivity contribution < 1.29 is 14.3 Å². The number of carbonyl (C=O) groups is 1. The Morgan fingerprint density at radius 2 is 1.70 bits per heavy atom. The van der Waals surface area contributed by atoms with E-state index in [9.17, 15) is 9.59 Å². The molecule has 1 heterocycles. The normalized spacial score (nSPS) is 10.5. The lowest BCUT2D eigenvalue weighted by Gasteiger charge is -2.10.